The van der Waals surface area contributed by atoms with Crippen molar-refractivity contribution in [1.29, 1.82) is 0 Å². The van der Waals surface area contributed by atoms with Crippen molar-refractivity contribution in [3.8, 4) is 10.4 Å². The Labute approximate surface area is 183 Å². The second kappa shape index (κ2) is 9.34. The maximum absolute atomic E-state index is 12.8. The number of nitrogens with two attached hydrogens (primary N) is 1. The molecule has 1 saturated heterocycles. The Kier molecular flexibility index (Phi) is 6.57. The molecule has 2 heterocycles. The smallest absolute Gasteiger partial charge is 0.224 e. The van der Waals surface area contributed by atoms with E-state index >= 15 is 0 Å². The first-order valence-corrected chi connectivity index (χ1v) is 12.1. The van der Waals surface area contributed by atoms with E-state index in [2.05, 4.69) is 41.8 Å². The number of piperidine rings is 1. The Hall–Kier alpha value is -2.14. The van der Waals surface area contributed by atoms with Crippen LogP contribution in [0.3, 0.4) is 0 Å². The van der Waals surface area contributed by atoms with E-state index in [0.717, 1.165) is 5.56 Å². The predicted molar refractivity (Wildman–Crippen MR) is 122 cm³/mol. The fourth-order valence-electron chi connectivity index (χ4n) is 5.13. The Morgan fingerprint density at radius 3 is 2.50 bits per heavy atom. The van der Waals surface area contributed by atoms with E-state index in [0.29, 0.717) is 44.7 Å². The number of likely N-dealkylation sites (tertiary alicyclic amines) is 1. The minimum Gasteiger partial charge on any atom is -0.369 e. The number of primary amides is 1. The maximum Gasteiger partial charge on any atom is 0.224 e. The lowest BCUT2D eigenvalue weighted by Crippen LogP contribution is -2.50. The predicted octanol–water partition coefficient (Wildman–Crippen LogP) is 5.02. The summed E-state index contributed by atoms with van der Waals surface area (Å²) >= 11 is 1.72. The molecule has 0 radical (unpaired) electrons. The van der Waals surface area contributed by atoms with Gasteiger partial charge in [-0.05, 0) is 60.6 Å². The van der Waals surface area contributed by atoms with Gasteiger partial charge in [-0.3, -0.25) is 9.59 Å². The van der Waals surface area contributed by atoms with Crippen LogP contribution in [-0.4, -0.2) is 29.8 Å². The van der Waals surface area contributed by atoms with Gasteiger partial charge in [0.05, 0.1) is 5.41 Å². The summed E-state index contributed by atoms with van der Waals surface area (Å²) in [5.41, 5.74) is 7.68. The van der Waals surface area contributed by atoms with Gasteiger partial charge in [0.25, 0.3) is 0 Å². The molecule has 4 rings (SSSR count). The minimum absolute atomic E-state index is 0.233. The average molecular weight is 425 g/mol. The van der Waals surface area contributed by atoms with Crippen LogP contribution < -0.4 is 5.73 Å². The Bertz CT molecular complexity index is 863. The van der Waals surface area contributed by atoms with Gasteiger partial charge in [0, 0.05) is 24.4 Å². The molecule has 1 aromatic carbocycles. The van der Waals surface area contributed by atoms with Crippen molar-refractivity contribution in [3.05, 3.63) is 47.3 Å². The minimum atomic E-state index is -0.560. The number of benzene rings is 1. The first-order chi connectivity index (χ1) is 14.6. The molecule has 2 aromatic rings. The number of amides is 2. The molecule has 1 aromatic heterocycles. The molecule has 30 heavy (non-hydrogen) atoms. The average Bonchev–Trinajstić information content (AvgIpc) is 3.30. The molecule has 2 amide bonds. The van der Waals surface area contributed by atoms with Crippen molar-refractivity contribution >= 4 is 23.2 Å². The van der Waals surface area contributed by atoms with Crippen molar-refractivity contribution in [3.63, 3.8) is 0 Å². The van der Waals surface area contributed by atoms with Crippen LogP contribution >= 0.6 is 11.3 Å². The zero-order valence-corrected chi connectivity index (χ0v) is 18.5. The summed E-state index contributed by atoms with van der Waals surface area (Å²) in [6.07, 6.45) is 8.82. The molecule has 2 fully saturated rings. The molecule has 1 saturated carbocycles. The lowest BCUT2D eigenvalue weighted by atomic mass is 9.73. The van der Waals surface area contributed by atoms with Crippen molar-refractivity contribution in [2.75, 3.05) is 13.1 Å². The summed E-state index contributed by atoms with van der Waals surface area (Å²) in [7, 11) is 0. The molecule has 160 valence electrons. The Morgan fingerprint density at radius 2 is 1.83 bits per heavy atom. The topological polar surface area (TPSA) is 63.4 Å². The normalized spacial score (nSPS) is 19.5. The van der Waals surface area contributed by atoms with Gasteiger partial charge in [0.2, 0.25) is 11.8 Å². The number of rotatable bonds is 6. The largest absolute Gasteiger partial charge is 0.369 e. The zero-order valence-electron chi connectivity index (χ0n) is 17.6. The summed E-state index contributed by atoms with van der Waals surface area (Å²) < 4.78 is 0. The molecule has 1 aliphatic heterocycles. The number of hydrogen-bond donors (Lipinski definition) is 1. The molecule has 0 atom stereocenters. The Balaban J connectivity index is 1.40. The molecule has 0 bridgehead atoms. The molecule has 2 aliphatic rings. The van der Waals surface area contributed by atoms with Crippen molar-refractivity contribution in [2.45, 2.75) is 57.8 Å². The Morgan fingerprint density at radius 1 is 1.07 bits per heavy atom. The summed E-state index contributed by atoms with van der Waals surface area (Å²) in [4.78, 5) is 28.5. The second-order valence-corrected chi connectivity index (χ2v) is 10.0. The van der Waals surface area contributed by atoms with Gasteiger partial charge < -0.3 is 10.6 Å². The number of nitrogens with zero attached hydrogens (tertiary/aromatic N) is 1. The number of carbonyl (C=O) groups is 2. The summed E-state index contributed by atoms with van der Waals surface area (Å²) in [6, 6.07) is 12.6. The van der Waals surface area contributed by atoms with Gasteiger partial charge in [0.1, 0.15) is 0 Å². The summed E-state index contributed by atoms with van der Waals surface area (Å²) in [6.45, 7) is 1.28. The van der Waals surface area contributed by atoms with Crippen LogP contribution in [0.2, 0.25) is 0 Å². The van der Waals surface area contributed by atoms with Gasteiger partial charge in [-0.2, -0.15) is 0 Å². The van der Waals surface area contributed by atoms with E-state index in [9.17, 15) is 9.59 Å². The molecular weight excluding hydrogens is 392 g/mol. The van der Waals surface area contributed by atoms with Crippen LogP contribution in [0.1, 0.15) is 56.9 Å². The monoisotopic (exact) mass is 424 g/mol. The van der Waals surface area contributed by atoms with E-state index in [1.807, 2.05) is 4.90 Å². The number of hydrogen-bond acceptors (Lipinski definition) is 3. The van der Waals surface area contributed by atoms with Crippen LogP contribution in [0.5, 0.6) is 0 Å². The third-order valence-corrected chi connectivity index (χ3v) is 7.98. The maximum atomic E-state index is 12.8. The van der Waals surface area contributed by atoms with Crippen LogP contribution in [0.4, 0.5) is 0 Å². The molecule has 4 nitrogen and oxygen atoms in total. The van der Waals surface area contributed by atoms with E-state index in [4.69, 9.17) is 5.73 Å². The third kappa shape index (κ3) is 4.77. The molecule has 5 heteroatoms. The highest BCUT2D eigenvalue weighted by atomic mass is 32.1. The summed E-state index contributed by atoms with van der Waals surface area (Å²) in [5, 5.41) is 2.08. The fourth-order valence-corrected chi connectivity index (χ4v) is 5.85. The van der Waals surface area contributed by atoms with Crippen molar-refractivity contribution in [1.82, 2.24) is 4.90 Å². The first-order valence-electron chi connectivity index (χ1n) is 11.3. The van der Waals surface area contributed by atoms with Gasteiger partial charge in [-0.25, -0.2) is 0 Å². The van der Waals surface area contributed by atoms with Crippen LogP contribution in [0.25, 0.3) is 10.4 Å². The van der Waals surface area contributed by atoms with Crippen LogP contribution in [0.15, 0.2) is 41.8 Å². The molecule has 2 N–H and O–H groups in total. The van der Waals surface area contributed by atoms with Crippen molar-refractivity contribution in [2.24, 2.45) is 17.1 Å². The third-order valence-electron chi connectivity index (χ3n) is 7.06. The van der Waals surface area contributed by atoms with Crippen LogP contribution in [0, 0.1) is 11.3 Å². The lowest BCUT2D eigenvalue weighted by molar-refractivity contribution is -0.139. The highest BCUT2D eigenvalue weighted by Crippen LogP contribution is 2.37. The van der Waals surface area contributed by atoms with E-state index in [1.165, 1.54) is 42.5 Å². The SMILES string of the molecule is NC(=O)C1(Cc2cccc(-c3cccs3)c2)CCN(C(=O)CC2CCCCC2)CC1. The van der Waals surface area contributed by atoms with Gasteiger partial charge >= 0.3 is 0 Å². The highest BCUT2D eigenvalue weighted by molar-refractivity contribution is 7.13. The highest BCUT2D eigenvalue weighted by Gasteiger charge is 2.41. The fraction of sp³-hybridized carbons (Fsp3) is 0.520. The number of thiophene rings is 1. The second-order valence-electron chi connectivity index (χ2n) is 9.09. The molecule has 0 spiro atoms. The van der Waals surface area contributed by atoms with E-state index in [1.54, 1.807) is 11.3 Å². The standard InChI is InChI=1S/C25H32N2O2S/c26-24(29)25(18-20-8-4-9-21(16-20)22-10-5-15-30-22)11-13-27(14-12-25)23(28)17-19-6-2-1-3-7-19/h4-5,8-10,15-16,19H,1-3,6-7,11-14,17-18H2,(H2,26,29). The number of carbonyl (C=O) groups excluding carboxylic acids is 2. The zero-order chi connectivity index (χ0) is 21.0. The van der Waals surface area contributed by atoms with E-state index < -0.39 is 5.41 Å². The quantitative estimate of drug-likeness (QED) is 0.707. The molecular formula is C25H32N2O2S. The van der Waals surface area contributed by atoms with Gasteiger partial charge in [-0.15, -0.1) is 11.3 Å². The van der Waals surface area contributed by atoms with E-state index in [-0.39, 0.29) is 11.8 Å². The van der Waals surface area contributed by atoms with Crippen molar-refractivity contribution < 1.29 is 9.59 Å². The molecule has 0 unspecified atom stereocenters. The van der Waals surface area contributed by atoms with Gasteiger partial charge in [0.15, 0.2) is 0 Å². The summed E-state index contributed by atoms with van der Waals surface area (Å²) in [5.74, 6) is 0.581. The lowest BCUT2D eigenvalue weighted by Gasteiger charge is -2.40. The van der Waals surface area contributed by atoms with Gasteiger partial charge in [-0.1, -0.05) is 49.6 Å². The first kappa shape index (κ1) is 21.1. The van der Waals surface area contributed by atoms with Crippen LogP contribution in [-0.2, 0) is 16.0 Å². The molecule has 1 aliphatic carbocycles.